The molecule has 0 aliphatic rings. The molecular formula is C5H8NOS. The Morgan fingerprint density at radius 1 is 1.88 bits per heavy atom. The average Bonchev–Trinajstić information content (AvgIpc) is 1.83. The highest BCUT2D eigenvalue weighted by molar-refractivity contribution is 7.78. The van der Waals surface area contributed by atoms with Crippen LogP contribution in [0.5, 0.6) is 0 Å². The second-order valence-corrected chi connectivity index (χ2v) is 1.47. The van der Waals surface area contributed by atoms with Crippen molar-refractivity contribution in [1.82, 2.24) is 5.06 Å². The van der Waals surface area contributed by atoms with Gasteiger partial charge in [0.05, 0.1) is 0 Å². The van der Waals surface area contributed by atoms with Crippen LogP contribution >= 0.6 is 12.2 Å². The first-order valence-corrected chi connectivity index (χ1v) is 2.67. The molecule has 0 atom stereocenters. The molecule has 0 heterocycles. The smallest absolute Gasteiger partial charge is 0.163 e. The van der Waals surface area contributed by atoms with Crippen LogP contribution in [0.2, 0.25) is 0 Å². The zero-order valence-electron chi connectivity index (χ0n) is 4.50. The summed E-state index contributed by atoms with van der Waals surface area (Å²) in [4.78, 5) is 0. The maximum Gasteiger partial charge on any atom is 0.163 e. The second-order valence-electron chi connectivity index (χ2n) is 1.29. The molecule has 0 saturated heterocycles. The van der Waals surface area contributed by atoms with E-state index in [1.165, 1.54) is 0 Å². The van der Waals surface area contributed by atoms with E-state index in [0.29, 0.717) is 6.54 Å². The molecular weight excluding hydrogens is 122 g/mol. The third-order valence-electron chi connectivity index (χ3n) is 0.650. The van der Waals surface area contributed by atoms with Crippen LogP contribution in [0.25, 0.3) is 0 Å². The Balaban J connectivity index is 3.09. The van der Waals surface area contributed by atoms with Gasteiger partial charge in [0.2, 0.25) is 0 Å². The molecule has 8 heavy (non-hydrogen) atoms. The van der Waals surface area contributed by atoms with Gasteiger partial charge in [-0.05, 0) is 6.42 Å². The number of hydrogen-bond donors (Lipinski definition) is 1. The van der Waals surface area contributed by atoms with E-state index in [2.05, 4.69) is 24.3 Å². The van der Waals surface area contributed by atoms with Gasteiger partial charge in [-0.2, -0.15) is 0 Å². The average molecular weight is 130 g/mol. The Morgan fingerprint density at radius 3 is 2.88 bits per heavy atom. The molecule has 0 amide bonds. The molecule has 0 rings (SSSR count). The highest BCUT2D eigenvalue weighted by Crippen LogP contribution is 1.82. The van der Waals surface area contributed by atoms with Crippen molar-refractivity contribution in [1.29, 1.82) is 0 Å². The van der Waals surface area contributed by atoms with Crippen molar-refractivity contribution >= 4 is 17.7 Å². The number of nitrogens with zero attached hydrogens (tertiary/aromatic N) is 1. The van der Waals surface area contributed by atoms with Crippen LogP contribution in [0.1, 0.15) is 6.42 Å². The lowest BCUT2D eigenvalue weighted by molar-refractivity contribution is -0.00383. The molecule has 0 spiro atoms. The molecule has 3 heteroatoms. The van der Waals surface area contributed by atoms with Gasteiger partial charge < -0.3 is 0 Å². The van der Waals surface area contributed by atoms with E-state index in [1.807, 2.05) is 0 Å². The number of hydrogen-bond acceptors (Lipinski definition) is 2. The van der Waals surface area contributed by atoms with E-state index < -0.39 is 0 Å². The van der Waals surface area contributed by atoms with Crippen LogP contribution in [0, 0.1) is 0 Å². The minimum absolute atomic E-state index is 0.479. The van der Waals surface area contributed by atoms with Gasteiger partial charge in [0.15, 0.2) is 5.49 Å². The van der Waals surface area contributed by atoms with Gasteiger partial charge in [-0.1, -0.05) is 18.3 Å². The summed E-state index contributed by atoms with van der Waals surface area (Å²) in [7, 11) is 0. The quantitative estimate of drug-likeness (QED) is 0.267. The third-order valence-corrected chi connectivity index (χ3v) is 0.861. The van der Waals surface area contributed by atoms with Gasteiger partial charge in [0.1, 0.15) is 0 Å². The number of thiocarbonyl (C=S) groups is 1. The molecule has 0 aromatic heterocycles. The topological polar surface area (TPSA) is 23.5 Å². The molecule has 0 unspecified atom stereocenters. The molecule has 0 aromatic rings. The van der Waals surface area contributed by atoms with Crippen molar-refractivity contribution in [3.05, 3.63) is 12.7 Å². The molecule has 0 saturated carbocycles. The van der Waals surface area contributed by atoms with Gasteiger partial charge >= 0.3 is 0 Å². The predicted octanol–water partition coefficient (Wildman–Crippen LogP) is 1.09. The fraction of sp³-hybridized carbons (Fsp3) is 0.400. The summed E-state index contributed by atoms with van der Waals surface area (Å²) in [5, 5.41) is 9.39. The summed E-state index contributed by atoms with van der Waals surface area (Å²) in [6, 6.07) is 0. The molecule has 0 aromatic carbocycles. The van der Waals surface area contributed by atoms with E-state index in [4.69, 9.17) is 5.21 Å². The number of rotatable bonds is 4. The maximum absolute atomic E-state index is 8.56. The second kappa shape index (κ2) is 4.74. The fourth-order valence-corrected chi connectivity index (χ4v) is 0.351. The van der Waals surface area contributed by atoms with Crippen LogP contribution in [0.4, 0.5) is 0 Å². The van der Waals surface area contributed by atoms with Gasteiger partial charge in [0, 0.05) is 6.54 Å². The van der Waals surface area contributed by atoms with Crippen molar-refractivity contribution in [3.8, 4) is 0 Å². The van der Waals surface area contributed by atoms with Crippen molar-refractivity contribution in [2.45, 2.75) is 6.42 Å². The lowest BCUT2D eigenvalue weighted by Crippen LogP contribution is -2.15. The van der Waals surface area contributed by atoms with Crippen molar-refractivity contribution < 1.29 is 5.21 Å². The first kappa shape index (κ1) is 7.59. The largest absolute Gasteiger partial charge is 0.288 e. The van der Waals surface area contributed by atoms with Crippen LogP contribution in [0.15, 0.2) is 12.7 Å². The van der Waals surface area contributed by atoms with Crippen LogP contribution in [-0.2, 0) is 0 Å². The maximum atomic E-state index is 8.56. The molecule has 0 aliphatic heterocycles. The molecule has 0 bridgehead atoms. The minimum atomic E-state index is 0.479. The van der Waals surface area contributed by atoms with Crippen LogP contribution < -0.4 is 0 Å². The summed E-state index contributed by atoms with van der Waals surface area (Å²) < 4.78 is 0. The molecule has 0 aliphatic carbocycles. The van der Waals surface area contributed by atoms with Gasteiger partial charge in [-0.15, -0.1) is 6.58 Å². The molecule has 1 N–H and O–H groups in total. The van der Waals surface area contributed by atoms with E-state index in [1.54, 1.807) is 6.08 Å². The zero-order valence-corrected chi connectivity index (χ0v) is 5.32. The summed E-state index contributed by atoms with van der Waals surface area (Å²) in [6.07, 6.45) is 2.43. The Kier molecular flexibility index (Phi) is 4.50. The van der Waals surface area contributed by atoms with Gasteiger partial charge in [-0.25, -0.2) is 5.06 Å². The summed E-state index contributed by atoms with van der Waals surface area (Å²) in [5.74, 6) is 0. The summed E-state index contributed by atoms with van der Waals surface area (Å²) in [6.45, 7) is 3.95. The predicted molar refractivity (Wildman–Crippen MR) is 35.9 cm³/mol. The van der Waals surface area contributed by atoms with E-state index in [0.717, 1.165) is 11.5 Å². The van der Waals surface area contributed by atoms with Crippen LogP contribution in [0.3, 0.4) is 0 Å². The first-order chi connectivity index (χ1) is 3.81. The molecule has 2 nitrogen and oxygen atoms in total. The lowest BCUT2D eigenvalue weighted by atomic mass is 10.4. The SMILES string of the molecule is C=CCCN(O)[C]=S. The van der Waals surface area contributed by atoms with Crippen molar-refractivity contribution in [2.24, 2.45) is 0 Å². The summed E-state index contributed by atoms with van der Waals surface area (Å²) in [5.41, 5.74) is 2.12. The Morgan fingerprint density at radius 2 is 2.50 bits per heavy atom. The Bertz CT molecular complexity index is 84.5. The zero-order chi connectivity index (χ0) is 6.41. The fourth-order valence-electron chi connectivity index (χ4n) is 0.259. The standard InChI is InChI=1S/C5H8NOS/c1-2-3-4-6(7)5-8/h2,7H,1,3-4H2. The summed E-state index contributed by atoms with van der Waals surface area (Å²) >= 11 is 4.28. The lowest BCUT2D eigenvalue weighted by Gasteiger charge is -2.04. The molecule has 1 radical (unpaired) electrons. The van der Waals surface area contributed by atoms with Gasteiger partial charge in [-0.3, -0.25) is 5.21 Å². The van der Waals surface area contributed by atoms with E-state index >= 15 is 0 Å². The molecule has 45 valence electrons. The van der Waals surface area contributed by atoms with E-state index in [9.17, 15) is 0 Å². The van der Waals surface area contributed by atoms with Crippen molar-refractivity contribution in [3.63, 3.8) is 0 Å². The molecule has 0 fully saturated rings. The van der Waals surface area contributed by atoms with Gasteiger partial charge in [0.25, 0.3) is 0 Å². The monoisotopic (exact) mass is 130 g/mol. The van der Waals surface area contributed by atoms with E-state index in [-0.39, 0.29) is 0 Å². The van der Waals surface area contributed by atoms with Crippen LogP contribution in [-0.4, -0.2) is 22.3 Å². The minimum Gasteiger partial charge on any atom is -0.288 e. The third kappa shape index (κ3) is 3.77. The first-order valence-electron chi connectivity index (χ1n) is 2.26. The Labute approximate surface area is 54.4 Å². The highest BCUT2D eigenvalue weighted by Gasteiger charge is 1.87. The van der Waals surface area contributed by atoms with Crippen molar-refractivity contribution in [2.75, 3.05) is 6.54 Å². The normalized spacial score (nSPS) is 8.12. The highest BCUT2D eigenvalue weighted by atomic mass is 32.1. The Hall–Kier alpha value is -0.410. The number of hydroxylamine groups is 2.